The first-order valence-electron chi connectivity index (χ1n) is 15.2. The molecular weight excluding hydrogens is 568 g/mol. The maximum atomic E-state index is 14.9. The van der Waals surface area contributed by atoms with Crippen LogP contribution in [0.2, 0.25) is 0 Å². The lowest BCUT2D eigenvalue weighted by Crippen LogP contribution is -2.44. The highest BCUT2D eigenvalue weighted by Gasteiger charge is 2.34. The quantitative estimate of drug-likeness (QED) is 0.214. The van der Waals surface area contributed by atoms with E-state index in [0.717, 1.165) is 43.2 Å². The van der Waals surface area contributed by atoms with Gasteiger partial charge in [-0.05, 0) is 56.0 Å². The average Bonchev–Trinajstić information content (AvgIpc) is 3.03. The van der Waals surface area contributed by atoms with Crippen LogP contribution in [-0.2, 0) is 14.6 Å². The molecule has 5 aromatic rings. The Morgan fingerprint density at radius 2 is 1.36 bits per heavy atom. The molecule has 0 saturated heterocycles. The summed E-state index contributed by atoms with van der Waals surface area (Å²) in [5, 5.41) is 3.79. The minimum Gasteiger partial charge on any atom is -0.351 e. The number of nitrogens with zero attached hydrogens (tertiary/aromatic N) is 1. The van der Waals surface area contributed by atoms with E-state index in [0.29, 0.717) is 27.6 Å². The maximum Gasteiger partial charge on any atom is 0.271 e. The Bertz CT molecular complexity index is 1970. The molecule has 6 rings (SSSR count). The van der Waals surface area contributed by atoms with Gasteiger partial charge in [0.25, 0.3) is 5.56 Å². The molecule has 1 aromatic heterocycles. The summed E-state index contributed by atoms with van der Waals surface area (Å²) in [7, 11) is -4.32. The second-order valence-electron chi connectivity index (χ2n) is 11.7. The average molecular weight is 605 g/mol. The summed E-state index contributed by atoms with van der Waals surface area (Å²) in [5.41, 5.74) is 3.23. The lowest BCUT2D eigenvalue weighted by Gasteiger charge is -2.28. The van der Waals surface area contributed by atoms with E-state index in [-0.39, 0.29) is 21.7 Å². The summed E-state index contributed by atoms with van der Waals surface area (Å²) in [6.07, 6.45) is 4.96. The van der Waals surface area contributed by atoms with Crippen molar-refractivity contribution >= 4 is 26.6 Å². The first-order chi connectivity index (χ1) is 21.3. The monoisotopic (exact) mass is 604 g/mol. The van der Waals surface area contributed by atoms with E-state index in [1.165, 1.54) is 16.7 Å². The van der Waals surface area contributed by atoms with Gasteiger partial charge in [-0.1, -0.05) is 115 Å². The number of carbonyl (C=O) groups is 1. The van der Waals surface area contributed by atoms with Crippen molar-refractivity contribution in [3.05, 3.63) is 130 Å². The normalized spacial score (nSPS) is 14.8. The van der Waals surface area contributed by atoms with Crippen LogP contribution in [0.25, 0.3) is 22.0 Å². The highest BCUT2D eigenvalue weighted by atomic mass is 32.2. The third kappa shape index (κ3) is 5.60. The predicted molar refractivity (Wildman–Crippen MR) is 175 cm³/mol. The van der Waals surface area contributed by atoms with Gasteiger partial charge >= 0.3 is 0 Å². The number of nitrogens with one attached hydrogen (secondary N) is 1. The van der Waals surface area contributed by atoms with Gasteiger partial charge in [-0.15, -0.1) is 0 Å². The summed E-state index contributed by atoms with van der Waals surface area (Å²) < 4.78 is 30.5. The van der Waals surface area contributed by atoms with Crippen LogP contribution in [-0.4, -0.2) is 24.9 Å². The van der Waals surface area contributed by atoms with Crippen molar-refractivity contribution < 1.29 is 13.2 Å². The van der Waals surface area contributed by atoms with Crippen molar-refractivity contribution in [2.45, 2.75) is 67.8 Å². The molecular formula is C37H36N2O4S. The van der Waals surface area contributed by atoms with Gasteiger partial charge in [0.2, 0.25) is 15.7 Å². The van der Waals surface area contributed by atoms with Crippen molar-refractivity contribution in [3.8, 4) is 11.1 Å². The highest BCUT2D eigenvalue weighted by Crippen LogP contribution is 2.37. The summed E-state index contributed by atoms with van der Waals surface area (Å²) in [6, 6.07) is 29.3. The number of sulfone groups is 1. The van der Waals surface area contributed by atoms with Crippen LogP contribution >= 0.6 is 0 Å². The fourth-order valence-corrected chi connectivity index (χ4v) is 7.82. The number of para-hydroxylation sites is 1. The molecule has 1 heterocycles. The second kappa shape index (κ2) is 12.2. The number of benzene rings is 4. The number of rotatable bonds is 7. The number of hydrogen-bond acceptors (Lipinski definition) is 4. The summed E-state index contributed by atoms with van der Waals surface area (Å²) in [5.74, 6) is -0.320. The first-order valence-corrected chi connectivity index (χ1v) is 16.7. The maximum absolute atomic E-state index is 14.9. The molecule has 1 amide bonds. The van der Waals surface area contributed by atoms with Crippen LogP contribution in [0.5, 0.6) is 0 Å². The third-order valence-corrected chi connectivity index (χ3v) is 10.4. The lowest BCUT2D eigenvalue weighted by molar-refractivity contribution is -0.124. The third-order valence-electron chi connectivity index (χ3n) is 8.59. The van der Waals surface area contributed by atoms with E-state index in [1.54, 1.807) is 18.2 Å². The van der Waals surface area contributed by atoms with Gasteiger partial charge in [-0.3, -0.25) is 14.2 Å². The van der Waals surface area contributed by atoms with Crippen LogP contribution in [0.3, 0.4) is 0 Å². The largest absolute Gasteiger partial charge is 0.351 e. The molecule has 1 aliphatic carbocycles. The number of aryl methyl sites for hydroxylation is 2. The first kappa shape index (κ1) is 29.6. The zero-order valence-corrected chi connectivity index (χ0v) is 25.8. The van der Waals surface area contributed by atoms with E-state index in [2.05, 4.69) is 5.32 Å². The Morgan fingerprint density at radius 3 is 2.02 bits per heavy atom. The molecule has 0 bridgehead atoms. The molecule has 1 unspecified atom stereocenters. The van der Waals surface area contributed by atoms with E-state index in [4.69, 9.17) is 0 Å². The standard InChI is InChI=1S/C37H36N2O4S/c1-25-17-21-28(22-18-25)34(36(40)38-29-13-7-4-8-14-29)39-32-16-10-9-15-31(32)33(27-11-5-3-6-12-27)35(37(39)41)44(42,43)30-23-19-26(2)20-24-30/h3,5-6,9-12,15-24,29,34H,4,7-8,13-14H2,1-2H3,(H,38,40). The molecule has 6 nitrogen and oxygen atoms in total. The minimum absolute atomic E-state index is 0.00511. The fourth-order valence-electron chi connectivity index (χ4n) is 6.27. The van der Waals surface area contributed by atoms with Crippen molar-refractivity contribution in [2.75, 3.05) is 0 Å². The van der Waals surface area contributed by atoms with E-state index >= 15 is 0 Å². The van der Waals surface area contributed by atoms with Gasteiger partial charge in [0.1, 0.15) is 10.9 Å². The lowest BCUT2D eigenvalue weighted by atomic mass is 9.94. The molecule has 1 saturated carbocycles. The summed E-state index contributed by atoms with van der Waals surface area (Å²) in [6.45, 7) is 3.84. The molecule has 224 valence electrons. The number of aromatic nitrogens is 1. The van der Waals surface area contributed by atoms with Crippen LogP contribution in [0, 0.1) is 13.8 Å². The zero-order valence-electron chi connectivity index (χ0n) is 25.0. The molecule has 44 heavy (non-hydrogen) atoms. The number of pyridine rings is 1. The van der Waals surface area contributed by atoms with Crippen molar-refractivity contribution in [1.82, 2.24) is 9.88 Å². The summed E-state index contributed by atoms with van der Waals surface area (Å²) in [4.78, 5) is 28.9. The molecule has 1 atom stereocenters. The van der Waals surface area contributed by atoms with Gasteiger partial charge in [0, 0.05) is 17.0 Å². The number of fused-ring (bicyclic) bond motifs is 1. The van der Waals surface area contributed by atoms with Crippen molar-refractivity contribution in [3.63, 3.8) is 0 Å². The molecule has 0 radical (unpaired) electrons. The molecule has 1 N–H and O–H groups in total. The van der Waals surface area contributed by atoms with E-state index in [1.807, 2.05) is 86.6 Å². The Balaban J connectivity index is 1.69. The number of carbonyl (C=O) groups excluding carboxylic acids is 1. The smallest absolute Gasteiger partial charge is 0.271 e. The van der Waals surface area contributed by atoms with Gasteiger partial charge in [-0.2, -0.15) is 0 Å². The molecule has 7 heteroatoms. The van der Waals surface area contributed by atoms with E-state index in [9.17, 15) is 18.0 Å². The van der Waals surface area contributed by atoms with E-state index < -0.39 is 21.4 Å². The molecule has 1 aliphatic rings. The Kier molecular flexibility index (Phi) is 8.23. The van der Waals surface area contributed by atoms with Crippen molar-refractivity contribution in [1.29, 1.82) is 0 Å². The predicted octanol–water partition coefficient (Wildman–Crippen LogP) is 7.16. The second-order valence-corrected chi connectivity index (χ2v) is 13.6. The van der Waals surface area contributed by atoms with Gasteiger partial charge in [0.05, 0.1) is 10.4 Å². The molecule has 0 aliphatic heterocycles. The Labute approximate surface area is 258 Å². The Morgan fingerprint density at radius 1 is 0.773 bits per heavy atom. The number of amides is 1. The van der Waals surface area contributed by atoms with Crippen LogP contribution in [0.1, 0.15) is 54.8 Å². The fraction of sp³-hybridized carbons (Fsp3) is 0.243. The molecule has 0 spiro atoms. The molecule has 4 aromatic carbocycles. The van der Waals surface area contributed by atoms with Gasteiger partial charge in [-0.25, -0.2) is 8.42 Å². The van der Waals surface area contributed by atoms with Crippen LogP contribution in [0.4, 0.5) is 0 Å². The highest BCUT2D eigenvalue weighted by molar-refractivity contribution is 7.91. The Hall–Kier alpha value is -4.49. The zero-order chi connectivity index (χ0) is 30.8. The topological polar surface area (TPSA) is 85.2 Å². The molecule has 1 fully saturated rings. The van der Waals surface area contributed by atoms with Crippen LogP contribution in [0.15, 0.2) is 118 Å². The van der Waals surface area contributed by atoms with Crippen LogP contribution < -0.4 is 10.9 Å². The number of hydrogen-bond donors (Lipinski definition) is 1. The minimum atomic E-state index is -4.32. The van der Waals surface area contributed by atoms with Crippen molar-refractivity contribution in [2.24, 2.45) is 0 Å². The summed E-state index contributed by atoms with van der Waals surface area (Å²) >= 11 is 0. The van der Waals surface area contributed by atoms with Gasteiger partial charge in [0.15, 0.2) is 0 Å². The SMILES string of the molecule is Cc1ccc(C(C(=O)NC2CCCCC2)n2c(=O)c(S(=O)(=O)c3ccc(C)cc3)c(-c3ccccc3)c3ccccc32)cc1. The van der Waals surface area contributed by atoms with Gasteiger partial charge < -0.3 is 5.32 Å².